The third-order valence-corrected chi connectivity index (χ3v) is 6.69. The van der Waals surface area contributed by atoms with Crippen LogP contribution in [0.15, 0.2) is 70.3 Å². The zero-order chi connectivity index (χ0) is 19.4. The van der Waals surface area contributed by atoms with E-state index in [1.807, 2.05) is 0 Å². The molecule has 1 heterocycles. The number of anilines is 2. The van der Waals surface area contributed by atoms with Crippen molar-refractivity contribution in [2.45, 2.75) is 4.21 Å². The van der Waals surface area contributed by atoms with Gasteiger partial charge >= 0.3 is 0 Å². The molecule has 0 spiro atoms. The van der Waals surface area contributed by atoms with E-state index in [2.05, 4.69) is 5.32 Å². The summed E-state index contributed by atoms with van der Waals surface area (Å²) < 4.78 is 54.0. The minimum atomic E-state index is -4.15. The Morgan fingerprint density at radius 3 is 2.48 bits per heavy atom. The number of carbonyl (C=O) groups is 1. The molecule has 3 rings (SSSR count). The molecule has 0 aliphatic heterocycles. The fraction of sp³-hybridized carbons (Fsp3) is 0.0556. The fourth-order valence-corrected chi connectivity index (χ4v) is 4.90. The smallest absolute Gasteiger partial charge is 0.274 e. The van der Waals surface area contributed by atoms with E-state index < -0.39 is 34.1 Å². The van der Waals surface area contributed by atoms with Crippen LogP contribution in [0.2, 0.25) is 0 Å². The lowest BCUT2D eigenvalue weighted by Gasteiger charge is -2.23. The van der Waals surface area contributed by atoms with Crippen LogP contribution in [0.5, 0.6) is 0 Å². The molecule has 2 aromatic carbocycles. The van der Waals surface area contributed by atoms with Crippen LogP contribution < -0.4 is 9.62 Å². The Bertz CT molecular complexity index is 1050. The van der Waals surface area contributed by atoms with Crippen molar-refractivity contribution in [1.29, 1.82) is 0 Å². The minimum absolute atomic E-state index is 0.0238. The van der Waals surface area contributed by atoms with Crippen LogP contribution in [0.4, 0.5) is 20.2 Å². The highest BCUT2D eigenvalue weighted by Crippen LogP contribution is 2.28. The Hall–Kier alpha value is -2.78. The van der Waals surface area contributed by atoms with E-state index in [1.165, 1.54) is 42.5 Å². The summed E-state index contributed by atoms with van der Waals surface area (Å²) >= 11 is 0.958. The molecule has 1 N–H and O–H groups in total. The van der Waals surface area contributed by atoms with Gasteiger partial charge in [-0.1, -0.05) is 24.3 Å². The highest BCUT2D eigenvalue weighted by atomic mass is 32.2. The standard InChI is InChI=1S/C18H14F2N2O3S2/c19-13-5-3-6-14(11-13)21-17(23)12-22(16-8-2-1-7-15(16)20)27(24,25)18-9-4-10-26-18/h1-11H,12H2,(H,21,23). The van der Waals surface area contributed by atoms with Crippen LogP contribution in [0.25, 0.3) is 0 Å². The average Bonchev–Trinajstić information content (AvgIpc) is 3.16. The van der Waals surface area contributed by atoms with E-state index in [-0.39, 0.29) is 15.6 Å². The molecule has 0 fully saturated rings. The predicted octanol–water partition coefficient (Wildman–Crippen LogP) is 3.86. The molecule has 9 heteroatoms. The van der Waals surface area contributed by atoms with Crippen molar-refractivity contribution in [2.24, 2.45) is 0 Å². The van der Waals surface area contributed by atoms with Gasteiger partial charge in [0.05, 0.1) is 5.69 Å². The van der Waals surface area contributed by atoms with Crippen LogP contribution in [-0.2, 0) is 14.8 Å². The molecule has 0 saturated carbocycles. The molecule has 140 valence electrons. The maximum atomic E-state index is 14.3. The Morgan fingerprint density at radius 1 is 1.04 bits per heavy atom. The van der Waals surface area contributed by atoms with Gasteiger partial charge in [-0.15, -0.1) is 11.3 Å². The van der Waals surface area contributed by atoms with Gasteiger partial charge in [0.15, 0.2) is 0 Å². The van der Waals surface area contributed by atoms with Crippen LogP contribution in [0, 0.1) is 11.6 Å². The Morgan fingerprint density at radius 2 is 1.81 bits per heavy atom. The van der Waals surface area contributed by atoms with Crippen molar-refractivity contribution in [3.8, 4) is 0 Å². The summed E-state index contributed by atoms with van der Waals surface area (Å²) in [5, 5.41) is 3.98. The average molecular weight is 408 g/mol. The zero-order valence-electron chi connectivity index (χ0n) is 13.8. The maximum Gasteiger partial charge on any atom is 0.274 e. The number of para-hydroxylation sites is 1. The third kappa shape index (κ3) is 4.32. The van der Waals surface area contributed by atoms with Crippen molar-refractivity contribution in [1.82, 2.24) is 0 Å². The number of nitrogens with one attached hydrogen (secondary N) is 1. The molecule has 0 aliphatic carbocycles. The first kappa shape index (κ1) is 19.0. The second kappa shape index (κ2) is 7.85. The van der Waals surface area contributed by atoms with Crippen molar-refractivity contribution in [3.05, 3.63) is 77.7 Å². The van der Waals surface area contributed by atoms with Crippen molar-refractivity contribution in [2.75, 3.05) is 16.2 Å². The molecule has 0 bridgehead atoms. The topological polar surface area (TPSA) is 66.5 Å². The fourth-order valence-electron chi connectivity index (χ4n) is 2.37. The molecule has 0 saturated heterocycles. The first-order valence-corrected chi connectivity index (χ1v) is 10.1. The molecule has 0 aliphatic rings. The van der Waals surface area contributed by atoms with E-state index in [1.54, 1.807) is 11.4 Å². The van der Waals surface area contributed by atoms with Gasteiger partial charge in [0.1, 0.15) is 22.4 Å². The molecule has 0 radical (unpaired) electrons. The summed E-state index contributed by atoms with van der Waals surface area (Å²) in [5.41, 5.74) is -0.0812. The van der Waals surface area contributed by atoms with Gasteiger partial charge in [0, 0.05) is 5.69 Å². The number of halogens is 2. The summed E-state index contributed by atoms with van der Waals surface area (Å²) in [6.45, 7) is -0.669. The quantitative estimate of drug-likeness (QED) is 0.674. The molecule has 0 atom stereocenters. The van der Waals surface area contributed by atoms with E-state index in [9.17, 15) is 22.0 Å². The number of sulfonamides is 1. The monoisotopic (exact) mass is 408 g/mol. The van der Waals surface area contributed by atoms with Gasteiger partial charge in [-0.2, -0.15) is 0 Å². The Kier molecular flexibility index (Phi) is 5.52. The summed E-state index contributed by atoms with van der Waals surface area (Å²) in [5.74, 6) is -2.06. The molecular formula is C18H14F2N2O3S2. The lowest BCUT2D eigenvalue weighted by atomic mass is 10.3. The first-order chi connectivity index (χ1) is 12.9. The molecule has 3 aromatic rings. The normalized spacial score (nSPS) is 11.2. The first-order valence-electron chi connectivity index (χ1n) is 7.74. The lowest BCUT2D eigenvalue weighted by Crippen LogP contribution is -2.38. The molecule has 1 aromatic heterocycles. The van der Waals surface area contributed by atoms with Crippen LogP contribution >= 0.6 is 11.3 Å². The van der Waals surface area contributed by atoms with Gasteiger partial charge in [-0.25, -0.2) is 17.2 Å². The van der Waals surface area contributed by atoms with E-state index in [0.29, 0.717) is 4.31 Å². The molecule has 0 unspecified atom stereocenters. The van der Waals surface area contributed by atoms with Crippen LogP contribution in [0.1, 0.15) is 0 Å². The van der Waals surface area contributed by atoms with Crippen LogP contribution in [-0.4, -0.2) is 20.9 Å². The second-order valence-corrected chi connectivity index (χ2v) is 8.49. The number of hydrogen-bond donors (Lipinski definition) is 1. The number of benzene rings is 2. The lowest BCUT2D eigenvalue weighted by molar-refractivity contribution is -0.114. The summed E-state index contributed by atoms with van der Waals surface area (Å²) in [7, 11) is -4.15. The minimum Gasteiger partial charge on any atom is -0.324 e. The number of thiophene rings is 1. The van der Waals surface area contributed by atoms with E-state index in [4.69, 9.17) is 0 Å². The molecule has 27 heavy (non-hydrogen) atoms. The summed E-state index contributed by atoms with van der Waals surface area (Å²) in [6.07, 6.45) is 0. The third-order valence-electron chi connectivity index (χ3n) is 3.56. The number of nitrogens with zero attached hydrogens (tertiary/aromatic N) is 1. The van der Waals surface area contributed by atoms with Gasteiger partial charge in [-0.05, 0) is 41.8 Å². The number of carbonyl (C=O) groups excluding carboxylic acids is 1. The summed E-state index contributed by atoms with van der Waals surface area (Å²) in [6, 6.07) is 13.4. The van der Waals surface area contributed by atoms with E-state index in [0.717, 1.165) is 23.5 Å². The van der Waals surface area contributed by atoms with Gasteiger partial charge in [-0.3, -0.25) is 9.10 Å². The highest BCUT2D eigenvalue weighted by Gasteiger charge is 2.29. The van der Waals surface area contributed by atoms with E-state index >= 15 is 0 Å². The zero-order valence-corrected chi connectivity index (χ0v) is 15.4. The largest absolute Gasteiger partial charge is 0.324 e. The number of rotatable bonds is 6. The number of hydrogen-bond acceptors (Lipinski definition) is 4. The van der Waals surface area contributed by atoms with Crippen molar-refractivity contribution < 1.29 is 22.0 Å². The molecular weight excluding hydrogens is 394 g/mol. The van der Waals surface area contributed by atoms with Gasteiger partial charge < -0.3 is 5.32 Å². The molecule has 5 nitrogen and oxygen atoms in total. The van der Waals surface area contributed by atoms with Crippen molar-refractivity contribution in [3.63, 3.8) is 0 Å². The van der Waals surface area contributed by atoms with Gasteiger partial charge in [0.2, 0.25) is 5.91 Å². The predicted molar refractivity (Wildman–Crippen MR) is 100 cm³/mol. The Balaban J connectivity index is 1.93. The van der Waals surface area contributed by atoms with Crippen molar-refractivity contribution >= 4 is 38.6 Å². The SMILES string of the molecule is O=C(CN(c1ccccc1F)S(=O)(=O)c1cccs1)Nc1cccc(F)c1. The number of amides is 1. The second-order valence-electron chi connectivity index (χ2n) is 5.45. The maximum absolute atomic E-state index is 14.3. The Labute approximate surface area is 158 Å². The summed E-state index contributed by atoms with van der Waals surface area (Å²) in [4.78, 5) is 12.4. The van der Waals surface area contributed by atoms with Crippen LogP contribution in [0.3, 0.4) is 0 Å². The van der Waals surface area contributed by atoms with Gasteiger partial charge in [0.25, 0.3) is 10.0 Å². The highest BCUT2D eigenvalue weighted by molar-refractivity contribution is 7.94. The molecule has 1 amide bonds.